The summed E-state index contributed by atoms with van der Waals surface area (Å²) in [5, 5.41) is 3.63. The van der Waals surface area contributed by atoms with Gasteiger partial charge in [0.05, 0.1) is 0 Å². The first kappa shape index (κ1) is 13.3. The number of benzene rings is 1. The maximum Gasteiger partial charge on any atom is 0.229 e. The van der Waals surface area contributed by atoms with Crippen molar-refractivity contribution in [3.63, 3.8) is 0 Å². The fourth-order valence-electron chi connectivity index (χ4n) is 2.16. The van der Waals surface area contributed by atoms with Crippen LogP contribution in [0.25, 0.3) is 0 Å². The van der Waals surface area contributed by atoms with Gasteiger partial charge in [-0.25, -0.2) is 4.98 Å². The van der Waals surface area contributed by atoms with Crippen LogP contribution in [0.15, 0.2) is 30.5 Å². The Bertz CT molecular complexity index is 616. The zero-order chi connectivity index (χ0) is 13.9. The summed E-state index contributed by atoms with van der Waals surface area (Å²) in [6, 6.07) is 8.63. The van der Waals surface area contributed by atoms with Gasteiger partial charge in [0.2, 0.25) is 5.91 Å². The molecule has 4 heteroatoms. The SMILES string of the molecule is CCc1cccc(Cc2cnc(NC(=O)C3CC3)s2)c1. The molecule has 1 aromatic carbocycles. The minimum absolute atomic E-state index is 0.124. The molecule has 0 unspecified atom stereocenters. The Morgan fingerprint density at radius 3 is 2.95 bits per heavy atom. The smallest absolute Gasteiger partial charge is 0.229 e. The summed E-state index contributed by atoms with van der Waals surface area (Å²) >= 11 is 1.57. The molecule has 1 aromatic heterocycles. The van der Waals surface area contributed by atoms with Crippen molar-refractivity contribution in [1.82, 2.24) is 4.98 Å². The number of nitrogens with one attached hydrogen (secondary N) is 1. The number of nitrogens with zero attached hydrogens (tertiary/aromatic N) is 1. The molecule has 0 saturated heterocycles. The van der Waals surface area contributed by atoms with E-state index in [0.29, 0.717) is 0 Å². The molecule has 1 N–H and O–H groups in total. The fourth-order valence-corrected chi connectivity index (χ4v) is 3.01. The first-order valence-electron chi connectivity index (χ1n) is 7.08. The molecule has 1 heterocycles. The molecule has 3 nitrogen and oxygen atoms in total. The number of rotatable bonds is 5. The summed E-state index contributed by atoms with van der Waals surface area (Å²) in [4.78, 5) is 17.2. The van der Waals surface area contributed by atoms with Gasteiger partial charge in [-0.15, -0.1) is 11.3 Å². The van der Waals surface area contributed by atoms with Crippen LogP contribution in [0.4, 0.5) is 5.13 Å². The normalized spacial score (nSPS) is 14.2. The van der Waals surface area contributed by atoms with Crippen LogP contribution in [-0.4, -0.2) is 10.9 Å². The summed E-state index contributed by atoms with van der Waals surface area (Å²) < 4.78 is 0. The number of thiazole rings is 1. The standard InChI is InChI=1S/C16H18N2OS/c1-2-11-4-3-5-12(8-11)9-14-10-17-16(20-14)18-15(19)13-6-7-13/h3-5,8,10,13H,2,6-7,9H2,1H3,(H,17,18,19). The van der Waals surface area contributed by atoms with Gasteiger partial charge in [-0.1, -0.05) is 31.2 Å². The number of hydrogen-bond donors (Lipinski definition) is 1. The summed E-state index contributed by atoms with van der Waals surface area (Å²) in [5.41, 5.74) is 2.65. The third-order valence-electron chi connectivity index (χ3n) is 3.51. The predicted octanol–water partition coefficient (Wildman–Crippen LogP) is 3.64. The van der Waals surface area contributed by atoms with E-state index in [-0.39, 0.29) is 11.8 Å². The largest absolute Gasteiger partial charge is 0.302 e. The maximum atomic E-state index is 11.7. The van der Waals surface area contributed by atoms with E-state index < -0.39 is 0 Å². The lowest BCUT2D eigenvalue weighted by atomic mass is 10.1. The van der Waals surface area contributed by atoms with Gasteiger partial charge < -0.3 is 5.32 Å². The number of aryl methyl sites for hydroxylation is 1. The molecule has 2 aromatic rings. The number of carbonyl (C=O) groups is 1. The first-order chi connectivity index (χ1) is 9.74. The second kappa shape index (κ2) is 5.75. The van der Waals surface area contributed by atoms with E-state index in [2.05, 4.69) is 41.5 Å². The molecule has 1 aliphatic rings. The fraction of sp³-hybridized carbons (Fsp3) is 0.375. The highest BCUT2D eigenvalue weighted by atomic mass is 32.1. The van der Waals surface area contributed by atoms with Crippen LogP contribution in [0.3, 0.4) is 0 Å². The summed E-state index contributed by atoms with van der Waals surface area (Å²) in [6.45, 7) is 2.16. The lowest BCUT2D eigenvalue weighted by molar-refractivity contribution is -0.117. The van der Waals surface area contributed by atoms with Crippen molar-refractivity contribution in [2.75, 3.05) is 5.32 Å². The van der Waals surface area contributed by atoms with E-state index in [1.807, 2.05) is 6.20 Å². The molecule has 104 valence electrons. The molecular formula is C16H18N2OS. The van der Waals surface area contributed by atoms with Crippen molar-refractivity contribution >= 4 is 22.4 Å². The van der Waals surface area contributed by atoms with E-state index in [1.54, 1.807) is 11.3 Å². The molecule has 1 amide bonds. The quantitative estimate of drug-likeness (QED) is 0.911. The average molecular weight is 286 g/mol. The van der Waals surface area contributed by atoms with Crippen LogP contribution in [-0.2, 0) is 17.6 Å². The van der Waals surface area contributed by atoms with E-state index in [1.165, 1.54) is 16.0 Å². The van der Waals surface area contributed by atoms with Crippen LogP contribution in [0.1, 0.15) is 35.8 Å². The molecule has 0 bridgehead atoms. The Hall–Kier alpha value is -1.68. The third kappa shape index (κ3) is 3.25. The molecular weight excluding hydrogens is 268 g/mol. The molecule has 0 radical (unpaired) electrons. The number of amides is 1. The second-order valence-electron chi connectivity index (χ2n) is 5.25. The highest BCUT2D eigenvalue weighted by Crippen LogP contribution is 2.31. The Morgan fingerprint density at radius 1 is 1.40 bits per heavy atom. The van der Waals surface area contributed by atoms with Crippen molar-refractivity contribution in [2.45, 2.75) is 32.6 Å². The Morgan fingerprint density at radius 2 is 2.20 bits per heavy atom. The predicted molar refractivity (Wildman–Crippen MR) is 82.1 cm³/mol. The van der Waals surface area contributed by atoms with Crippen molar-refractivity contribution < 1.29 is 4.79 Å². The van der Waals surface area contributed by atoms with Gasteiger partial charge in [-0.2, -0.15) is 0 Å². The molecule has 1 fully saturated rings. The van der Waals surface area contributed by atoms with Crippen LogP contribution in [0.2, 0.25) is 0 Å². The van der Waals surface area contributed by atoms with Crippen molar-refractivity contribution in [1.29, 1.82) is 0 Å². The zero-order valence-electron chi connectivity index (χ0n) is 11.6. The zero-order valence-corrected chi connectivity index (χ0v) is 12.4. The number of carbonyl (C=O) groups excluding carboxylic acids is 1. The lowest BCUT2D eigenvalue weighted by Gasteiger charge is -2.01. The monoisotopic (exact) mass is 286 g/mol. The van der Waals surface area contributed by atoms with Gasteiger partial charge in [0.25, 0.3) is 0 Å². The van der Waals surface area contributed by atoms with Gasteiger partial charge in [0, 0.05) is 23.4 Å². The minimum atomic E-state index is 0.124. The molecule has 1 saturated carbocycles. The summed E-state index contributed by atoms with van der Waals surface area (Å²) in [5.74, 6) is 0.350. The molecule has 0 spiro atoms. The number of aromatic nitrogens is 1. The Labute approximate surface area is 123 Å². The number of anilines is 1. The van der Waals surface area contributed by atoms with Crippen molar-refractivity contribution in [3.8, 4) is 0 Å². The van der Waals surface area contributed by atoms with Gasteiger partial charge in [0.15, 0.2) is 5.13 Å². The van der Waals surface area contributed by atoms with E-state index in [4.69, 9.17) is 0 Å². The molecule has 0 atom stereocenters. The first-order valence-corrected chi connectivity index (χ1v) is 7.89. The maximum absolute atomic E-state index is 11.7. The summed E-state index contributed by atoms with van der Waals surface area (Å²) in [6.07, 6.45) is 5.84. The van der Waals surface area contributed by atoms with Gasteiger partial charge in [-0.05, 0) is 30.4 Å². The van der Waals surface area contributed by atoms with Crippen LogP contribution >= 0.6 is 11.3 Å². The van der Waals surface area contributed by atoms with Gasteiger partial charge in [-0.3, -0.25) is 4.79 Å². The Kier molecular flexibility index (Phi) is 3.83. The topological polar surface area (TPSA) is 42.0 Å². The average Bonchev–Trinajstić information content (AvgIpc) is 3.22. The van der Waals surface area contributed by atoms with Gasteiger partial charge in [0.1, 0.15) is 0 Å². The lowest BCUT2D eigenvalue weighted by Crippen LogP contribution is -2.12. The van der Waals surface area contributed by atoms with Crippen LogP contribution in [0.5, 0.6) is 0 Å². The van der Waals surface area contributed by atoms with E-state index >= 15 is 0 Å². The highest BCUT2D eigenvalue weighted by Gasteiger charge is 2.30. The molecule has 0 aliphatic heterocycles. The second-order valence-corrected chi connectivity index (χ2v) is 6.36. The Balaban J connectivity index is 1.65. The van der Waals surface area contributed by atoms with Crippen LogP contribution < -0.4 is 5.32 Å². The van der Waals surface area contributed by atoms with E-state index in [0.717, 1.165) is 30.8 Å². The third-order valence-corrected chi connectivity index (χ3v) is 4.42. The summed E-state index contributed by atoms with van der Waals surface area (Å²) in [7, 11) is 0. The molecule has 3 rings (SSSR count). The number of hydrogen-bond acceptors (Lipinski definition) is 3. The van der Waals surface area contributed by atoms with Crippen molar-refractivity contribution in [2.24, 2.45) is 5.92 Å². The van der Waals surface area contributed by atoms with Crippen molar-refractivity contribution in [3.05, 3.63) is 46.5 Å². The molecule has 1 aliphatic carbocycles. The van der Waals surface area contributed by atoms with Gasteiger partial charge >= 0.3 is 0 Å². The van der Waals surface area contributed by atoms with E-state index in [9.17, 15) is 4.79 Å². The van der Waals surface area contributed by atoms with Crippen LogP contribution in [0, 0.1) is 5.92 Å². The minimum Gasteiger partial charge on any atom is -0.302 e. The molecule has 20 heavy (non-hydrogen) atoms. The highest BCUT2D eigenvalue weighted by molar-refractivity contribution is 7.15.